The summed E-state index contributed by atoms with van der Waals surface area (Å²) in [4.78, 5) is 5.04. The summed E-state index contributed by atoms with van der Waals surface area (Å²) in [6, 6.07) is 49.9. The normalized spacial score (nSPS) is 11.6. The van der Waals surface area contributed by atoms with Crippen molar-refractivity contribution in [2.75, 3.05) is 0 Å². The van der Waals surface area contributed by atoms with Gasteiger partial charge in [-0.2, -0.15) is 0 Å². The molecule has 2 nitrogen and oxygen atoms in total. The Kier molecular flexibility index (Phi) is 4.86. The lowest BCUT2D eigenvalue weighted by molar-refractivity contribution is 1.16. The zero-order valence-electron chi connectivity index (χ0n) is 21.3. The Labute approximate surface area is 226 Å². The highest BCUT2D eigenvalue weighted by Crippen LogP contribution is 2.44. The molecule has 0 bridgehead atoms. The Bertz CT molecular complexity index is 2010. The lowest BCUT2D eigenvalue weighted by Crippen LogP contribution is -2.03. The maximum atomic E-state index is 5.04. The van der Waals surface area contributed by atoms with Crippen LogP contribution in [0.2, 0.25) is 0 Å². The van der Waals surface area contributed by atoms with Crippen LogP contribution in [0, 0.1) is 0 Å². The quantitative estimate of drug-likeness (QED) is 0.238. The molecule has 2 heteroatoms. The third-order valence-electron chi connectivity index (χ3n) is 7.82. The summed E-state index contributed by atoms with van der Waals surface area (Å²) in [5.74, 6) is 0. The molecule has 8 rings (SSSR count). The first-order valence-electron chi connectivity index (χ1n) is 13.3. The van der Waals surface area contributed by atoms with Gasteiger partial charge in [-0.1, -0.05) is 133 Å². The maximum Gasteiger partial charge on any atom is 0.0948 e. The van der Waals surface area contributed by atoms with Crippen molar-refractivity contribution in [3.05, 3.63) is 146 Å². The van der Waals surface area contributed by atoms with E-state index in [4.69, 9.17) is 4.98 Å². The summed E-state index contributed by atoms with van der Waals surface area (Å²) in [6.45, 7) is 0. The van der Waals surface area contributed by atoms with Crippen LogP contribution < -0.4 is 0 Å². The highest BCUT2D eigenvalue weighted by molar-refractivity contribution is 6.24. The topological polar surface area (TPSA) is 17.8 Å². The molecule has 0 saturated carbocycles. The van der Waals surface area contributed by atoms with Gasteiger partial charge in [0.15, 0.2) is 0 Å². The second-order valence-corrected chi connectivity index (χ2v) is 9.99. The van der Waals surface area contributed by atoms with Crippen molar-refractivity contribution in [3.63, 3.8) is 0 Å². The van der Waals surface area contributed by atoms with E-state index in [-0.39, 0.29) is 0 Å². The zero-order chi connectivity index (χ0) is 25.8. The van der Waals surface area contributed by atoms with E-state index >= 15 is 0 Å². The SMILES string of the molecule is c1ccc(-c2ccnc(-c3ccccc3)c2-n2c3c4ccccc4ccc3c3ccc4ccccc4c32)cc1. The number of nitrogens with zero attached hydrogens (tertiary/aromatic N) is 2. The van der Waals surface area contributed by atoms with Crippen molar-refractivity contribution < 1.29 is 0 Å². The van der Waals surface area contributed by atoms with E-state index in [9.17, 15) is 0 Å². The van der Waals surface area contributed by atoms with Gasteiger partial charge in [-0.25, -0.2) is 0 Å². The van der Waals surface area contributed by atoms with Crippen LogP contribution in [0.25, 0.3) is 71.4 Å². The number of hydrogen-bond donors (Lipinski definition) is 0. The van der Waals surface area contributed by atoms with Gasteiger partial charge < -0.3 is 4.57 Å². The minimum atomic E-state index is 0.969. The third-order valence-corrected chi connectivity index (χ3v) is 7.82. The van der Waals surface area contributed by atoms with Crippen LogP contribution >= 0.6 is 0 Å². The molecular weight excluding hydrogens is 472 g/mol. The molecule has 8 aromatic rings. The summed E-state index contributed by atoms with van der Waals surface area (Å²) in [7, 11) is 0. The van der Waals surface area contributed by atoms with Gasteiger partial charge in [0.2, 0.25) is 0 Å². The fourth-order valence-electron chi connectivity index (χ4n) is 6.10. The Hall–Kier alpha value is -5.21. The fraction of sp³-hybridized carbons (Fsp3) is 0. The molecule has 0 aliphatic carbocycles. The molecule has 6 aromatic carbocycles. The summed E-state index contributed by atoms with van der Waals surface area (Å²) in [5.41, 5.74) is 7.91. The first-order chi connectivity index (χ1) is 19.4. The molecule has 0 unspecified atom stereocenters. The summed E-state index contributed by atoms with van der Waals surface area (Å²) in [6.07, 6.45) is 1.94. The number of pyridine rings is 1. The molecule has 2 heterocycles. The molecule has 0 N–H and O–H groups in total. The van der Waals surface area contributed by atoms with E-state index in [0.29, 0.717) is 0 Å². The smallest absolute Gasteiger partial charge is 0.0948 e. The lowest BCUT2D eigenvalue weighted by Gasteiger charge is -2.19. The largest absolute Gasteiger partial charge is 0.305 e. The minimum Gasteiger partial charge on any atom is -0.305 e. The fourth-order valence-corrected chi connectivity index (χ4v) is 6.10. The van der Waals surface area contributed by atoms with Gasteiger partial charge in [0, 0.05) is 38.9 Å². The molecule has 0 spiro atoms. The number of aromatic nitrogens is 2. The maximum absolute atomic E-state index is 5.04. The molecule has 0 aliphatic heterocycles. The lowest BCUT2D eigenvalue weighted by atomic mass is 9.99. The Balaban J connectivity index is 1.67. The highest BCUT2D eigenvalue weighted by atomic mass is 15.0. The van der Waals surface area contributed by atoms with Crippen LogP contribution in [0.15, 0.2) is 146 Å². The van der Waals surface area contributed by atoms with E-state index in [1.165, 1.54) is 48.9 Å². The Morgan fingerprint density at radius 1 is 0.410 bits per heavy atom. The molecular formula is C37H24N2. The number of hydrogen-bond acceptors (Lipinski definition) is 1. The number of benzene rings is 6. The van der Waals surface area contributed by atoms with E-state index in [0.717, 1.165) is 22.5 Å². The molecule has 182 valence electrons. The summed E-state index contributed by atoms with van der Waals surface area (Å²) >= 11 is 0. The molecule has 0 atom stereocenters. The van der Waals surface area contributed by atoms with Gasteiger partial charge in [0.1, 0.15) is 0 Å². The second kappa shape index (κ2) is 8.68. The summed E-state index contributed by atoms with van der Waals surface area (Å²) in [5, 5.41) is 7.41. The van der Waals surface area contributed by atoms with Crippen molar-refractivity contribution in [3.8, 4) is 28.1 Å². The Morgan fingerprint density at radius 2 is 0.923 bits per heavy atom. The molecule has 0 aliphatic rings. The van der Waals surface area contributed by atoms with Gasteiger partial charge in [0.25, 0.3) is 0 Å². The molecule has 39 heavy (non-hydrogen) atoms. The first kappa shape index (κ1) is 21.8. The average molecular weight is 497 g/mol. The van der Waals surface area contributed by atoms with Crippen molar-refractivity contribution >= 4 is 43.4 Å². The standard InChI is InChI=1S/C37H24N2/c1-3-11-25(12-4-1)31-23-24-38-34(28-15-5-2-6-16-28)37(31)39-35-29-17-9-7-13-26(29)19-21-32(35)33-22-20-27-14-8-10-18-30(27)36(33)39/h1-24H. The number of rotatable bonds is 3. The van der Waals surface area contributed by atoms with E-state index in [1.807, 2.05) is 6.20 Å². The van der Waals surface area contributed by atoms with Gasteiger partial charge in [-0.15, -0.1) is 0 Å². The third kappa shape index (κ3) is 3.32. The van der Waals surface area contributed by atoms with Gasteiger partial charge in [-0.05, 0) is 22.4 Å². The van der Waals surface area contributed by atoms with Crippen molar-refractivity contribution in [1.82, 2.24) is 9.55 Å². The predicted octanol–water partition coefficient (Wildman–Crippen LogP) is 9.82. The molecule has 2 aromatic heterocycles. The molecule has 0 radical (unpaired) electrons. The van der Waals surface area contributed by atoms with Crippen LogP contribution in [0.5, 0.6) is 0 Å². The predicted molar refractivity (Wildman–Crippen MR) is 164 cm³/mol. The van der Waals surface area contributed by atoms with Gasteiger partial charge in [-0.3, -0.25) is 4.98 Å². The second-order valence-electron chi connectivity index (χ2n) is 9.99. The van der Waals surface area contributed by atoms with Crippen LogP contribution in [0.3, 0.4) is 0 Å². The minimum absolute atomic E-state index is 0.969. The number of fused-ring (bicyclic) bond motifs is 7. The van der Waals surface area contributed by atoms with E-state index in [1.54, 1.807) is 0 Å². The van der Waals surface area contributed by atoms with E-state index in [2.05, 4.69) is 144 Å². The molecule has 0 amide bonds. The first-order valence-corrected chi connectivity index (χ1v) is 13.3. The molecule has 0 saturated heterocycles. The molecule has 0 fully saturated rings. The van der Waals surface area contributed by atoms with Crippen LogP contribution in [0.1, 0.15) is 0 Å². The summed E-state index contributed by atoms with van der Waals surface area (Å²) < 4.78 is 2.49. The zero-order valence-corrected chi connectivity index (χ0v) is 21.3. The van der Waals surface area contributed by atoms with Gasteiger partial charge in [0.05, 0.1) is 22.4 Å². The van der Waals surface area contributed by atoms with Crippen LogP contribution in [-0.2, 0) is 0 Å². The monoisotopic (exact) mass is 496 g/mol. The van der Waals surface area contributed by atoms with Crippen LogP contribution in [0.4, 0.5) is 0 Å². The van der Waals surface area contributed by atoms with Crippen molar-refractivity contribution in [2.24, 2.45) is 0 Å². The highest BCUT2D eigenvalue weighted by Gasteiger charge is 2.23. The van der Waals surface area contributed by atoms with E-state index < -0.39 is 0 Å². The average Bonchev–Trinajstić information content (AvgIpc) is 3.36. The van der Waals surface area contributed by atoms with Crippen molar-refractivity contribution in [1.29, 1.82) is 0 Å². The van der Waals surface area contributed by atoms with Gasteiger partial charge >= 0.3 is 0 Å². The van der Waals surface area contributed by atoms with Crippen molar-refractivity contribution in [2.45, 2.75) is 0 Å². The Morgan fingerprint density at radius 3 is 1.51 bits per heavy atom. The van der Waals surface area contributed by atoms with Crippen LogP contribution in [-0.4, -0.2) is 9.55 Å².